The van der Waals surface area contributed by atoms with E-state index in [9.17, 15) is 9.18 Å². The molecule has 1 atom stereocenters. The summed E-state index contributed by atoms with van der Waals surface area (Å²) >= 11 is 0. The van der Waals surface area contributed by atoms with Crippen LogP contribution in [-0.4, -0.2) is 25.9 Å². The Morgan fingerprint density at radius 3 is 2.67 bits per heavy atom. The molecule has 5 rings (SSSR count). The summed E-state index contributed by atoms with van der Waals surface area (Å²) in [6.07, 6.45) is 3.35. The van der Waals surface area contributed by atoms with Crippen molar-refractivity contribution in [2.45, 2.75) is 18.9 Å². The Morgan fingerprint density at radius 2 is 1.83 bits per heavy atom. The van der Waals surface area contributed by atoms with Gasteiger partial charge in [-0.3, -0.25) is 9.78 Å². The molecule has 0 saturated carbocycles. The molecule has 2 aromatic heterocycles. The minimum Gasteiger partial charge on any atom is -0.344 e. The molecule has 0 aliphatic heterocycles. The number of carbonyl (C=O) groups excluding carboxylic acids is 1. The van der Waals surface area contributed by atoms with Crippen LogP contribution in [0.4, 0.5) is 4.39 Å². The Hall–Kier alpha value is -3.87. The molecule has 0 saturated heterocycles. The lowest BCUT2D eigenvalue weighted by atomic mass is 10.1. The highest BCUT2D eigenvalue weighted by Gasteiger charge is 2.28. The smallest absolute Gasteiger partial charge is 0.274 e. The summed E-state index contributed by atoms with van der Waals surface area (Å²) in [7, 11) is 0. The van der Waals surface area contributed by atoms with Crippen molar-refractivity contribution in [3.8, 4) is 17.1 Å². The van der Waals surface area contributed by atoms with Gasteiger partial charge in [-0.2, -0.15) is 0 Å². The van der Waals surface area contributed by atoms with Crippen LogP contribution in [0.5, 0.6) is 0 Å². The summed E-state index contributed by atoms with van der Waals surface area (Å²) in [5.41, 5.74) is 3.51. The maximum atomic E-state index is 14.5. The maximum absolute atomic E-state index is 14.5. The van der Waals surface area contributed by atoms with Gasteiger partial charge in [0.1, 0.15) is 17.2 Å². The highest BCUT2D eigenvalue weighted by molar-refractivity contribution is 5.98. The number of benzene rings is 2. The number of rotatable bonds is 4. The number of nitrogens with one attached hydrogen (secondary N) is 1. The van der Waals surface area contributed by atoms with Gasteiger partial charge in [0.2, 0.25) is 0 Å². The molecule has 1 amide bonds. The average Bonchev–Trinajstić information content (AvgIpc) is 3.40. The number of aryl methyl sites for hydroxylation is 1. The summed E-state index contributed by atoms with van der Waals surface area (Å²) in [5.74, 6) is -0.823. The van der Waals surface area contributed by atoms with E-state index in [1.54, 1.807) is 42.6 Å². The molecule has 1 unspecified atom stereocenters. The first-order valence-corrected chi connectivity index (χ1v) is 9.73. The van der Waals surface area contributed by atoms with E-state index in [0.29, 0.717) is 11.4 Å². The van der Waals surface area contributed by atoms with Crippen molar-refractivity contribution in [1.29, 1.82) is 0 Å². The number of para-hydroxylation sites is 1. The lowest BCUT2D eigenvalue weighted by Gasteiger charge is -2.14. The number of halogens is 1. The predicted molar refractivity (Wildman–Crippen MR) is 110 cm³/mol. The monoisotopic (exact) mass is 399 g/mol. The highest BCUT2D eigenvalue weighted by Crippen LogP contribution is 2.32. The van der Waals surface area contributed by atoms with Crippen molar-refractivity contribution in [1.82, 2.24) is 25.3 Å². The van der Waals surface area contributed by atoms with Crippen molar-refractivity contribution >= 4 is 5.91 Å². The van der Waals surface area contributed by atoms with E-state index in [1.807, 2.05) is 18.2 Å². The van der Waals surface area contributed by atoms with Crippen molar-refractivity contribution in [2.75, 3.05) is 0 Å². The van der Waals surface area contributed by atoms with Gasteiger partial charge in [0.25, 0.3) is 5.91 Å². The lowest BCUT2D eigenvalue weighted by molar-refractivity contribution is 0.0932. The summed E-state index contributed by atoms with van der Waals surface area (Å²) in [6, 6.07) is 19.5. The van der Waals surface area contributed by atoms with Gasteiger partial charge in [0, 0.05) is 6.20 Å². The Morgan fingerprint density at radius 1 is 1.03 bits per heavy atom. The third kappa shape index (κ3) is 3.14. The first-order chi connectivity index (χ1) is 14.7. The molecule has 0 spiro atoms. The Kier molecular flexibility index (Phi) is 4.55. The summed E-state index contributed by atoms with van der Waals surface area (Å²) < 4.78 is 15.8. The number of aromatic nitrogens is 4. The normalized spacial score (nSPS) is 15.0. The summed E-state index contributed by atoms with van der Waals surface area (Å²) in [4.78, 5) is 17.5. The van der Waals surface area contributed by atoms with Crippen molar-refractivity contribution < 1.29 is 9.18 Å². The number of hydrogen-bond acceptors (Lipinski definition) is 4. The summed E-state index contributed by atoms with van der Waals surface area (Å²) in [5, 5.41) is 11.3. The van der Waals surface area contributed by atoms with Crippen LogP contribution < -0.4 is 5.32 Å². The van der Waals surface area contributed by atoms with E-state index in [-0.39, 0.29) is 23.3 Å². The molecular weight excluding hydrogens is 381 g/mol. The molecule has 7 heteroatoms. The maximum Gasteiger partial charge on any atom is 0.274 e. The molecule has 1 aliphatic carbocycles. The zero-order chi connectivity index (χ0) is 20.5. The van der Waals surface area contributed by atoms with Gasteiger partial charge in [-0.15, -0.1) is 5.10 Å². The van der Waals surface area contributed by atoms with E-state index in [2.05, 4.69) is 26.7 Å². The molecular formula is C23H18FN5O. The topological polar surface area (TPSA) is 72.7 Å². The summed E-state index contributed by atoms with van der Waals surface area (Å²) in [6.45, 7) is 0. The second-order valence-electron chi connectivity index (χ2n) is 7.13. The fourth-order valence-electron chi connectivity index (χ4n) is 3.89. The first kappa shape index (κ1) is 18.2. The van der Waals surface area contributed by atoms with E-state index in [0.717, 1.165) is 18.4 Å². The molecule has 30 heavy (non-hydrogen) atoms. The van der Waals surface area contributed by atoms with E-state index < -0.39 is 5.82 Å². The molecule has 2 aromatic carbocycles. The number of amides is 1. The molecule has 0 bridgehead atoms. The lowest BCUT2D eigenvalue weighted by Crippen LogP contribution is -2.28. The van der Waals surface area contributed by atoms with Crippen LogP contribution in [0.2, 0.25) is 0 Å². The van der Waals surface area contributed by atoms with Crippen molar-refractivity contribution in [3.05, 3.63) is 95.6 Å². The van der Waals surface area contributed by atoms with Gasteiger partial charge in [0.05, 0.1) is 11.7 Å². The average molecular weight is 399 g/mol. The zero-order valence-electron chi connectivity index (χ0n) is 16.0. The van der Waals surface area contributed by atoms with Crippen LogP contribution >= 0.6 is 0 Å². The van der Waals surface area contributed by atoms with Crippen molar-refractivity contribution in [3.63, 3.8) is 0 Å². The van der Waals surface area contributed by atoms with Crippen LogP contribution in [0.1, 0.15) is 34.1 Å². The van der Waals surface area contributed by atoms with Crippen LogP contribution in [0, 0.1) is 5.82 Å². The fourth-order valence-corrected chi connectivity index (χ4v) is 3.89. The second-order valence-corrected chi connectivity index (χ2v) is 7.13. The highest BCUT2D eigenvalue weighted by atomic mass is 19.1. The number of carbonyl (C=O) groups is 1. The number of hydrogen-bond donors (Lipinski definition) is 1. The number of nitrogens with zero attached hydrogens (tertiary/aromatic N) is 4. The van der Waals surface area contributed by atoms with Crippen LogP contribution in [0.15, 0.2) is 72.9 Å². The first-order valence-electron chi connectivity index (χ1n) is 9.73. The minimum absolute atomic E-state index is 0.0936. The van der Waals surface area contributed by atoms with E-state index in [1.165, 1.54) is 16.3 Å². The number of fused-ring (bicyclic) bond motifs is 1. The Balaban J connectivity index is 1.56. The third-order valence-corrected chi connectivity index (χ3v) is 5.31. The van der Waals surface area contributed by atoms with Crippen molar-refractivity contribution in [2.24, 2.45) is 0 Å². The van der Waals surface area contributed by atoms with E-state index >= 15 is 0 Å². The zero-order valence-corrected chi connectivity index (χ0v) is 16.0. The Labute approximate surface area is 172 Å². The van der Waals surface area contributed by atoms with Gasteiger partial charge in [-0.05, 0) is 48.2 Å². The SMILES string of the molecule is O=C(NC1CCc2ccccc21)c1nnn(-c2ccccc2F)c1-c1ccccn1. The van der Waals surface area contributed by atoms with E-state index in [4.69, 9.17) is 0 Å². The predicted octanol–water partition coefficient (Wildman–Crippen LogP) is 3.89. The number of pyridine rings is 1. The van der Waals surface area contributed by atoms with Crippen LogP contribution in [0.25, 0.3) is 17.1 Å². The Bertz CT molecular complexity index is 1220. The van der Waals surface area contributed by atoms with Gasteiger partial charge in [-0.25, -0.2) is 9.07 Å². The molecule has 4 aromatic rings. The van der Waals surface area contributed by atoms with Crippen LogP contribution in [-0.2, 0) is 6.42 Å². The van der Waals surface area contributed by atoms with Gasteiger partial charge >= 0.3 is 0 Å². The van der Waals surface area contributed by atoms with Gasteiger partial charge in [0.15, 0.2) is 5.69 Å². The third-order valence-electron chi connectivity index (χ3n) is 5.31. The molecule has 1 N–H and O–H groups in total. The quantitative estimate of drug-likeness (QED) is 0.565. The molecule has 0 radical (unpaired) electrons. The second kappa shape index (κ2) is 7.51. The van der Waals surface area contributed by atoms with Gasteiger partial charge < -0.3 is 5.32 Å². The largest absolute Gasteiger partial charge is 0.344 e. The molecule has 2 heterocycles. The fraction of sp³-hybridized carbons (Fsp3) is 0.130. The van der Waals surface area contributed by atoms with Crippen LogP contribution in [0.3, 0.4) is 0 Å². The molecule has 6 nitrogen and oxygen atoms in total. The standard InChI is InChI=1S/C23H18FN5O/c24-17-9-3-4-11-20(17)29-22(19-10-5-6-14-25-19)21(27-28-29)23(30)26-18-13-12-15-7-1-2-8-16(15)18/h1-11,14,18H,12-13H2,(H,26,30). The van der Waals surface area contributed by atoms with Gasteiger partial charge in [-0.1, -0.05) is 47.7 Å². The molecule has 1 aliphatic rings. The molecule has 0 fully saturated rings. The minimum atomic E-state index is -0.462. The molecule has 148 valence electrons.